The average Bonchev–Trinajstić information content (AvgIpc) is 2.44. The van der Waals surface area contributed by atoms with Crippen molar-refractivity contribution in [1.29, 1.82) is 0 Å². The van der Waals surface area contributed by atoms with Crippen molar-refractivity contribution in [2.24, 2.45) is 5.14 Å². The first-order valence-corrected chi connectivity index (χ1v) is 9.43. The summed E-state index contributed by atoms with van der Waals surface area (Å²) in [6.45, 7) is 2.84. The molecule has 0 aromatic heterocycles. The van der Waals surface area contributed by atoms with Crippen molar-refractivity contribution >= 4 is 10.3 Å². The van der Waals surface area contributed by atoms with Crippen LogP contribution >= 0.6 is 0 Å². The van der Waals surface area contributed by atoms with E-state index in [1.165, 1.54) is 50.7 Å². The summed E-state index contributed by atoms with van der Waals surface area (Å²) < 4.78 is 31.9. The molecule has 0 aliphatic rings. The Morgan fingerprint density at radius 1 is 0.955 bits per heavy atom. The van der Waals surface area contributed by atoms with E-state index in [4.69, 9.17) is 9.88 Å². The lowest BCUT2D eigenvalue weighted by molar-refractivity contribution is 0.303. The number of hydrogen-bond acceptors (Lipinski definition) is 4. The topological polar surface area (TPSA) is 78.6 Å². The third-order valence-electron chi connectivity index (χ3n) is 3.28. The molecule has 0 unspecified atom stereocenters. The Morgan fingerprint density at radius 3 is 2.18 bits per heavy atom. The molecule has 0 spiro atoms. The van der Waals surface area contributed by atoms with Crippen LogP contribution in [-0.2, 0) is 10.3 Å². The highest BCUT2D eigenvalue weighted by molar-refractivity contribution is 7.84. The second-order valence-electron chi connectivity index (χ2n) is 5.37. The summed E-state index contributed by atoms with van der Waals surface area (Å²) >= 11 is 0. The van der Waals surface area contributed by atoms with Crippen LogP contribution in [0.5, 0.6) is 11.5 Å². The molecule has 0 saturated heterocycles. The van der Waals surface area contributed by atoms with Crippen LogP contribution in [0.1, 0.15) is 58.3 Å². The van der Waals surface area contributed by atoms with Gasteiger partial charge in [0.05, 0.1) is 6.61 Å². The maximum atomic E-state index is 10.9. The Morgan fingerprint density at radius 2 is 1.55 bits per heavy atom. The number of benzene rings is 1. The summed E-state index contributed by atoms with van der Waals surface area (Å²) in [5.74, 6) is 0.750. The Hall–Kier alpha value is -1.27. The number of unbranched alkanes of at least 4 members (excludes halogenated alkanes) is 7. The van der Waals surface area contributed by atoms with Crippen LogP contribution in [0.25, 0.3) is 0 Å². The number of rotatable bonds is 12. The fraction of sp³-hybridized carbons (Fsp3) is 0.625. The van der Waals surface area contributed by atoms with Gasteiger partial charge in [-0.25, -0.2) is 0 Å². The van der Waals surface area contributed by atoms with Crippen molar-refractivity contribution < 1.29 is 17.3 Å². The Balaban J connectivity index is 2.16. The second-order valence-corrected chi connectivity index (χ2v) is 6.53. The molecule has 0 radical (unpaired) electrons. The van der Waals surface area contributed by atoms with Crippen LogP contribution < -0.4 is 14.1 Å². The van der Waals surface area contributed by atoms with Gasteiger partial charge in [-0.3, -0.25) is 0 Å². The van der Waals surface area contributed by atoms with Gasteiger partial charge in [-0.2, -0.15) is 13.6 Å². The zero-order valence-electron chi connectivity index (χ0n) is 13.3. The zero-order valence-corrected chi connectivity index (χ0v) is 14.1. The molecular formula is C16H27NO4S. The first-order chi connectivity index (χ1) is 10.5. The van der Waals surface area contributed by atoms with Crippen molar-refractivity contribution in [3.8, 4) is 11.5 Å². The summed E-state index contributed by atoms with van der Waals surface area (Å²) in [4.78, 5) is 0. The molecule has 22 heavy (non-hydrogen) atoms. The predicted molar refractivity (Wildman–Crippen MR) is 88.3 cm³/mol. The van der Waals surface area contributed by atoms with Crippen LogP contribution in [0.2, 0.25) is 0 Å². The van der Waals surface area contributed by atoms with Crippen LogP contribution in [0.4, 0.5) is 0 Å². The minimum Gasteiger partial charge on any atom is -0.493 e. The van der Waals surface area contributed by atoms with Crippen molar-refractivity contribution in [2.75, 3.05) is 6.61 Å². The summed E-state index contributed by atoms with van der Waals surface area (Å²) in [7, 11) is -3.99. The molecule has 0 fully saturated rings. The number of hydrogen-bond donors (Lipinski definition) is 1. The van der Waals surface area contributed by atoms with Gasteiger partial charge in [-0.1, -0.05) is 57.9 Å². The second kappa shape index (κ2) is 10.5. The molecule has 0 aliphatic heterocycles. The fourth-order valence-corrected chi connectivity index (χ4v) is 2.55. The molecule has 0 aliphatic carbocycles. The normalized spacial score (nSPS) is 11.4. The van der Waals surface area contributed by atoms with Gasteiger partial charge in [-0.15, -0.1) is 0 Å². The molecule has 1 rings (SSSR count). The SMILES string of the molecule is CCCCCCCCCCOc1cccc(OS(N)(=O)=O)c1. The maximum Gasteiger partial charge on any atom is 0.380 e. The Labute approximate surface area is 134 Å². The van der Waals surface area contributed by atoms with Gasteiger partial charge in [0, 0.05) is 6.07 Å². The largest absolute Gasteiger partial charge is 0.493 e. The molecule has 5 nitrogen and oxygen atoms in total. The van der Waals surface area contributed by atoms with Crippen LogP contribution in [0, 0.1) is 0 Å². The van der Waals surface area contributed by atoms with Crippen LogP contribution in [0.15, 0.2) is 24.3 Å². The molecule has 0 amide bonds. The number of ether oxygens (including phenoxy) is 1. The lowest BCUT2D eigenvalue weighted by atomic mass is 10.1. The molecule has 2 N–H and O–H groups in total. The van der Waals surface area contributed by atoms with E-state index in [0.717, 1.165) is 12.8 Å². The standard InChI is InChI=1S/C16H27NO4S/c1-2-3-4-5-6-7-8-9-13-20-15-11-10-12-16(14-15)21-22(17,18)19/h10-12,14H,2-9,13H2,1H3,(H2,17,18,19). The summed E-state index contributed by atoms with van der Waals surface area (Å²) in [5.41, 5.74) is 0. The summed E-state index contributed by atoms with van der Waals surface area (Å²) in [6, 6.07) is 6.48. The van der Waals surface area contributed by atoms with E-state index in [1.54, 1.807) is 12.1 Å². The van der Waals surface area contributed by atoms with E-state index in [0.29, 0.717) is 12.4 Å². The van der Waals surface area contributed by atoms with E-state index in [9.17, 15) is 8.42 Å². The monoisotopic (exact) mass is 329 g/mol. The van der Waals surface area contributed by atoms with E-state index in [2.05, 4.69) is 11.1 Å². The van der Waals surface area contributed by atoms with Crippen LogP contribution in [0.3, 0.4) is 0 Å². The smallest absolute Gasteiger partial charge is 0.380 e. The van der Waals surface area contributed by atoms with Gasteiger partial charge in [0.15, 0.2) is 0 Å². The van der Waals surface area contributed by atoms with E-state index < -0.39 is 10.3 Å². The third-order valence-corrected chi connectivity index (χ3v) is 3.71. The minimum absolute atomic E-state index is 0.163. The highest BCUT2D eigenvalue weighted by Crippen LogP contribution is 2.20. The lowest BCUT2D eigenvalue weighted by Gasteiger charge is -2.08. The lowest BCUT2D eigenvalue weighted by Crippen LogP contribution is -2.18. The van der Waals surface area contributed by atoms with Crippen LogP contribution in [-0.4, -0.2) is 15.0 Å². The Kier molecular flexibility index (Phi) is 8.92. The van der Waals surface area contributed by atoms with Gasteiger partial charge in [-0.05, 0) is 18.6 Å². The van der Waals surface area contributed by atoms with Crippen molar-refractivity contribution in [1.82, 2.24) is 0 Å². The zero-order chi connectivity index (χ0) is 16.3. The third kappa shape index (κ3) is 9.63. The highest BCUT2D eigenvalue weighted by atomic mass is 32.2. The Bertz CT molecular complexity index is 517. The summed E-state index contributed by atoms with van der Waals surface area (Å²) in [5, 5.41) is 4.83. The predicted octanol–water partition coefficient (Wildman–Crippen LogP) is 3.79. The highest BCUT2D eigenvalue weighted by Gasteiger charge is 2.05. The van der Waals surface area contributed by atoms with Crippen molar-refractivity contribution in [3.05, 3.63) is 24.3 Å². The molecule has 0 heterocycles. The van der Waals surface area contributed by atoms with E-state index >= 15 is 0 Å². The van der Waals surface area contributed by atoms with Gasteiger partial charge >= 0.3 is 10.3 Å². The van der Waals surface area contributed by atoms with E-state index in [1.807, 2.05) is 0 Å². The molecule has 1 aromatic rings. The van der Waals surface area contributed by atoms with Crippen molar-refractivity contribution in [2.45, 2.75) is 58.3 Å². The quantitative estimate of drug-likeness (QED) is 0.592. The molecule has 0 saturated carbocycles. The molecule has 1 aromatic carbocycles. The molecule has 0 atom stereocenters. The van der Waals surface area contributed by atoms with Gasteiger partial charge in [0.2, 0.25) is 0 Å². The molecule has 0 bridgehead atoms. The maximum absolute atomic E-state index is 10.9. The molecular weight excluding hydrogens is 302 g/mol. The van der Waals surface area contributed by atoms with Gasteiger partial charge < -0.3 is 8.92 Å². The first-order valence-electron chi connectivity index (χ1n) is 7.96. The molecule has 6 heteroatoms. The van der Waals surface area contributed by atoms with Gasteiger partial charge in [0.25, 0.3) is 0 Å². The van der Waals surface area contributed by atoms with E-state index in [-0.39, 0.29) is 5.75 Å². The summed E-state index contributed by atoms with van der Waals surface area (Å²) in [6.07, 6.45) is 9.94. The minimum atomic E-state index is -3.99. The fourth-order valence-electron chi connectivity index (χ4n) is 2.18. The van der Waals surface area contributed by atoms with Gasteiger partial charge in [0.1, 0.15) is 11.5 Å². The van der Waals surface area contributed by atoms with Crippen molar-refractivity contribution in [3.63, 3.8) is 0 Å². The molecule has 126 valence electrons. The average molecular weight is 329 g/mol. The number of nitrogens with two attached hydrogens (primary N) is 1. The first kappa shape index (κ1) is 18.8.